The Balaban J connectivity index is 2.61. The average molecular weight is 177 g/mol. The molecule has 3 nitrogen and oxygen atoms in total. The van der Waals surface area contributed by atoms with Gasteiger partial charge in [0, 0.05) is 5.39 Å². The minimum absolute atomic E-state index is 0.744. The molecule has 0 aliphatic rings. The fourth-order valence-corrected chi connectivity index (χ4v) is 1.25. The Kier molecular flexibility index (Phi) is 1.63. The van der Waals surface area contributed by atoms with Gasteiger partial charge in [0.05, 0.1) is 11.8 Å². The zero-order valence-corrected chi connectivity index (χ0v) is 7.61. The molecule has 0 saturated carbocycles. The van der Waals surface area contributed by atoms with Crippen molar-refractivity contribution in [1.82, 2.24) is 5.16 Å². The van der Waals surface area contributed by atoms with Gasteiger partial charge in [-0.2, -0.15) is 0 Å². The van der Waals surface area contributed by atoms with E-state index >= 15 is 0 Å². The molecule has 1 heterocycles. The van der Waals surface area contributed by atoms with Crippen LogP contribution in [-0.2, 0) is 5.60 Å². The van der Waals surface area contributed by atoms with Gasteiger partial charge in [-0.15, -0.1) is 0 Å². The molecule has 0 amide bonds. The van der Waals surface area contributed by atoms with Crippen molar-refractivity contribution in [1.29, 1.82) is 0 Å². The molecule has 0 atom stereocenters. The maximum absolute atomic E-state index is 9.73. The summed E-state index contributed by atoms with van der Waals surface area (Å²) in [5.74, 6) is 0. The highest BCUT2D eigenvalue weighted by atomic mass is 16.5. The standard InChI is InChI=1S/C10H11NO2/c1-10(2,12)8-3-4-9-7(5-8)6-11-13-9/h3-6,12H,1-2H3. The molecule has 2 rings (SSSR count). The number of hydrogen-bond donors (Lipinski definition) is 1. The van der Waals surface area contributed by atoms with Crippen LogP contribution in [0.4, 0.5) is 0 Å². The number of benzene rings is 1. The molecular formula is C10H11NO2. The maximum atomic E-state index is 9.73. The van der Waals surface area contributed by atoms with Gasteiger partial charge >= 0.3 is 0 Å². The van der Waals surface area contributed by atoms with Gasteiger partial charge in [0.2, 0.25) is 0 Å². The first-order chi connectivity index (χ1) is 6.07. The molecule has 68 valence electrons. The Hall–Kier alpha value is -1.35. The molecule has 1 N–H and O–H groups in total. The number of aliphatic hydroxyl groups is 1. The van der Waals surface area contributed by atoms with Crippen molar-refractivity contribution in [3.63, 3.8) is 0 Å². The average Bonchev–Trinajstić information content (AvgIpc) is 2.47. The van der Waals surface area contributed by atoms with Crippen molar-refractivity contribution in [3.8, 4) is 0 Å². The van der Waals surface area contributed by atoms with Crippen LogP contribution in [0.25, 0.3) is 11.0 Å². The molecule has 2 aromatic rings. The molecule has 13 heavy (non-hydrogen) atoms. The summed E-state index contributed by atoms with van der Waals surface area (Å²) in [5, 5.41) is 14.3. The van der Waals surface area contributed by atoms with Gasteiger partial charge < -0.3 is 9.63 Å². The highest BCUT2D eigenvalue weighted by molar-refractivity contribution is 5.76. The Bertz CT molecular complexity index is 426. The molecule has 3 heteroatoms. The first-order valence-corrected chi connectivity index (χ1v) is 4.15. The monoisotopic (exact) mass is 177 g/mol. The van der Waals surface area contributed by atoms with E-state index in [2.05, 4.69) is 5.16 Å². The second-order valence-electron chi connectivity index (χ2n) is 3.64. The van der Waals surface area contributed by atoms with Gasteiger partial charge in [0.25, 0.3) is 0 Å². The molecular weight excluding hydrogens is 166 g/mol. The zero-order chi connectivity index (χ0) is 9.47. The van der Waals surface area contributed by atoms with Crippen LogP contribution in [-0.4, -0.2) is 10.3 Å². The van der Waals surface area contributed by atoms with Gasteiger partial charge in [-0.05, 0) is 31.5 Å². The fraction of sp³-hybridized carbons (Fsp3) is 0.300. The molecule has 0 radical (unpaired) electrons. The van der Waals surface area contributed by atoms with Gasteiger partial charge in [-0.3, -0.25) is 0 Å². The Labute approximate surface area is 76.0 Å². The van der Waals surface area contributed by atoms with E-state index in [1.807, 2.05) is 18.2 Å². The molecule has 0 saturated heterocycles. The van der Waals surface area contributed by atoms with E-state index in [0.29, 0.717) is 0 Å². The zero-order valence-electron chi connectivity index (χ0n) is 7.61. The Morgan fingerprint density at radius 1 is 1.38 bits per heavy atom. The Morgan fingerprint density at radius 3 is 2.85 bits per heavy atom. The van der Waals surface area contributed by atoms with Crippen LogP contribution in [0.3, 0.4) is 0 Å². The van der Waals surface area contributed by atoms with Crippen molar-refractivity contribution < 1.29 is 9.63 Å². The van der Waals surface area contributed by atoms with Crippen LogP contribution in [0.15, 0.2) is 28.9 Å². The third-order valence-electron chi connectivity index (χ3n) is 2.06. The predicted octanol–water partition coefficient (Wildman–Crippen LogP) is 2.06. The summed E-state index contributed by atoms with van der Waals surface area (Å²) >= 11 is 0. The normalized spacial score (nSPS) is 12.2. The summed E-state index contributed by atoms with van der Waals surface area (Å²) < 4.78 is 4.95. The second-order valence-corrected chi connectivity index (χ2v) is 3.64. The van der Waals surface area contributed by atoms with Gasteiger partial charge in [-0.1, -0.05) is 11.2 Å². The third kappa shape index (κ3) is 1.42. The van der Waals surface area contributed by atoms with E-state index < -0.39 is 5.60 Å². The van der Waals surface area contributed by atoms with E-state index in [-0.39, 0.29) is 0 Å². The van der Waals surface area contributed by atoms with E-state index in [0.717, 1.165) is 16.5 Å². The van der Waals surface area contributed by atoms with E-state index in [1.165, 1.54) is 0 Å². The summed E-state index contributed by atoms with van der Waals surface area (Å²) in [6, 6.07) is 5.54. The smallest absolute Gasteiger partial charge is 0.166 e. The number of fused-ring (bicyclic) bond motifs is 1. The van der Waals surface area contributed by atoms with Crippen LogP contribution in [0.1, 0.15) is 19.4 Å². The van der Waals surface area contributed by atoms with Crippen LogP contribution in [0.5, 0.6) is 0 Å². The molecule has 0 aliphatic carbocycles. The quantitative estimate of drug-likeness (QED) is 0.725. The molecule has 0 aliphatic heterocycles. The van der Waals surface area contributed by atoms with Gasteiger partial charge in [0.1, 0.15) is 0 Å². The van der Waals surface area contributed by atoms with Crippen LogP contribution < -0.4 is 0 Å². The van der Waals surface area contributed by atoms with E-state index in [9.17, 15) is 5.11 Å². The van der Waals surface area contributed by atoms with Crippen molar-refractivity contribution in [2.75, 3.05) is 0 Å². The lowest BCUT2D eigenvalue weighted by Gasteiger charge is -2.17. The third-order valence-corrected chi connectivity index (χ3v) is 2.06. The molecule has 0 spiro atoms. The van der Waals surface area contributed by atoms with Gasteiger partial charge in [-0.25, -0.2) is 0 Å². The van der Waals surface area contributed by atoms with Crippen molar-refractivity contribution in [2.24, 2.45) is 0 Å². The van der Waals surface area contributed by atoms with Crippen LogP contribution >= 0.6 is 0 Å². The minimum atomic E-state index is -0.814. The highest BCUT2D eigenvalue weighted by Gasteiger charge is 2.16. The molecule has 0 bridgehead atoms. The molecule has 0 fully saturated rings. The largest absolute Gasteiger partial charge is 0.386 e. The van der Waals surface area contributed by atoms with Crippen molar-refractivity contribution in [3.05, 3.63) is 30.0 Å². The second kappa shape index (κ2) is 2.57. The topological polar surface area (TPSA) is 46.3 Å². The summed E-state index contributed by atoms with van der Waals surface area (Å²) in [6.45, 7) is 3.50. The lowest BCUT2D eigenvalue weighted by atomic mass is 9.97. The molecule has 1 aromatic carbocycles. The Morgan fingerprint density at radius 2 is 2.15 bits per heavy atom. The van der Waals surface area contributed by atoms with Crippen molar-refractivity contribution >= 4 is 11.0 Å². The summed E-state index contributed by atoms with van der Waals surface area (Å²) in [5.41, 5.74) is 0.794. The predicted molar refractivity (Wildman–Crippen MR) is 49.3 cm³/mol. The van der Waals surface area contributed by atoms with Gasteiger partial charge in [0.15, 0.2) is 5.58 Å². The number of rotatable bonds is 1. The molecule has 0 unspecified atom stereocenters. The van der Waals surface area contributed by atoms with Crippen molar-refractivity contribution in [2.45, 2.75) is 19.4 Å². The van der Waals surface area contributed by atoms with E-state index in [1.54, 1.807) is 20.0 Å². The SMILES string of the molecule is CC(C)(O)c1ccc2oncc2c1. The van der Waals surface area contributed by atoms with Crippen LogP contribution in [0, 0.1) is 0 Å². The molecule has 1 aromatic heterocycles. The first kappa shape index (κ1) is 8.26. The lowest BCUT2D eigenvalue weighted by Crippen LogP contribution is -2.14. The number of hydrogen-bond acceptors (Lipinski definition) is 3. The van der Waals surface area contributed by atoms with Crippen LogP contribution in [0.2, 0.25) is 0 Å². The highest BCUT2D eigenvalue weighted by Crippen LogP contribution is 2.23. The summed E-state index contributed by atoms with van der Waals surface area (Å²) in [7, 11) is 0. The maximum Gasteiger partial charge on any atom is 0.166 e. The lowest BCUT2D eigenvalue weighted by molar-refractivity contribution is 0.0787. The fourth-order valence-electron chi connectivity index (χ4n) is 1.25. The minimum Gasteiger partial charge on any atom is -0.386 e. The number of aromatic nitrogens is 1. The number of nitrogens with zero attached hydrogens (tertiary/aromatic N) is 1. The summed E-state index contributed by atoms with van der Waals surface area (Å²) in [4.78, 5) is 0. The van der Waals surface area contributed by atoms with E-state index in [4.69, 9.17) is 4.52 Å². The first-order valence-electron chi connectivity index (χ1n) is 4.15. The summed E-state index contributed by atoms with van der Waals surface area (Å²) in [6.07, 6.45) is 1.64.